The van der Waals surface area contributed by atoms with Gasteiger partial charge in [-0.1, -0.05) is 29.8 Å². The molecule has 0 amide bonds. The van der Waals surface area contributed by atoms with Crippen LogP contribution in [0, 0.1) is 0 Å². The summed E-state index contributed by atoms with van der Waals surface area (Å²) >= 11 is 9.48. The van der Waals surface area contributed by atoms with Crippen molar-refractivity contribution in [3.05, 3.63) is 51.0 Å². The number of rotatable bonds is 5. The molecule has 1 heterocycles. The van der Waals surface area contributed by atoms with E-state index in [1.165, 1.54) is 0 Å². The van der Waals surface area contributed by atoms with E-state index in [1.54, 1.807) is 14.2 Å². The Labute approximate surface area is 131 Å². The molecule has 1 aromatic heterocycles. The summed E-state index contributed by atoms with van der Waals surface area (Å²) in [5.41, 5.74) is 1.74. The fourth-order valence-electron chi connectivity index (χ4n) is 1.84. The average molecular weight is 358 g/mol. The average Bonchev–Trinajstić information content (AvgIpc) is 2.45. The van der Waals surface area contributed by atoms with Gasteiger partial charge in [0.15, 0.2) is 0 Å². The summed E-state index contributed by atoms with van der Waals surface area (Å²) in [5, 5.41) is 0.386. The molecule has 0 saturated heterocycles. The second kappa shape index (κ2) is 7.02. The van der Waals surface area contributed by atoms with Crippen molar-refractivity contribution in [2.75, 3.05) is 14.2 Å². The summed E-state index contributed by atoms with van der Waals surface area (Å²) in [6.07, 6.45) is 0.549. The van der Waals surface area contributed by atoms with Gasteiger partial charge in [-0.2, -0.15) is 0 Å². The Morgan fingerprint density at radius 2 is 1.95 bits per heavy atom. The van der Waals surface area contributed by atoms with E-state index < -0.39 is 0 Å². The van der Waals surface area contributed by atoms with Crippen molar-refractivity contribution in [2.24, 2.45) is 0 Å². The van der Waals surface area contributed by atoms with Crippen molar-refractivity contribution in [3.63, 3.8) is 0 Å². The summed E-state index contributed by atoms with van der Waals surface area (Å²) in [6, 6.07) is 7.77. The SMILES string of the molecule is COCc1nc(Cc2ccccc2OC)nc(Cl)c1Br. The van der Waals surface area contributed by atoms with Gasteiger partial charge in [0.25, 0.3) is 0 Å². The van der Waals surface area contributed by atoms with Crippen LogP contribution in [-0.2, 0) is 17.8 Å². The molecule has 0 spiro atoms. The number of aromatic nitrogens is 2. The molecule has 0 unspecified atom stereocenters. The Morgan fingerprint density at radius 1 is 1.20 bits per heavy atom. The van der Waals surface area contributed by atoms with Gasteiger partial charge in [0.05, 0.1) is 23.9 Å². The summed E-state index contributed by atoms with van der Waals surface area (Å²) < 4.78 is 11.1. The first-order valence-corrected chi connectivity index (χ1v) is 7.14. The van der Waals surface area contributed by atoms with E-state index in [-0.39, 0.29) is 0 Å². The lowest BCUT2D eigenvalue weighted by atomic mass is 10.1. The second-order valence-electron chi connectivity index (χ2n) is 4.11. The number of hydrogen-bond donors (Lipinski definition) is 0. The number of para-hydroxylation sites is 1. The van der Waals surface area contributed by atoms with Crippen molar-refractivity contribution in [1.82, 2.24) is 9.97 Å². The maximum atomic E-state index is 6.11. The number of halogens is 2. The molecule has 2 aromatic rings. The maximum Gasteiger partial charge on any atom is 0.147 e. The Balaban J connectivity index is 2.34. The minimum Gasteiger partial charge on any atom is -0.496 e. The zero-order valence-electron chi connectivity index (χ0n) is 11.2. The monoisotopic (exact) mass is 356 g/mol. The minimum atomic E-state index is 0.377. The molecule has 6 heteroatoms. The Morgan fingerprint density at radius 3 is 2.65 bits per heavy atom. The third kappa shape index (κ3) is 3.48. The molecule has 0 saturated carbocycles. The van der Waals surface area contributed by atoms with E-state index in [1.807, 2.05) is 24.3 Å². The van der Waals surface area contributed by atoms with E-state index in [4.69, 9.17) is 21.1 Å². The van der Waals surface area contributed by atoms with Crippen LogP contribution in [-0.4, -0.2) is 24.2 Å². The van der Waals surface area contributed by atoms with Crippen molar-refractivity contribution < 1.29 is 9.47 Å². The summed E-state index contributed by atoms with van der Waals surface area (Å²) in [4.78, 5) is 8.75. The lowest BCUT2D eigenvalue weighted by molar-refractivity contribution is 0.180. The molecule has 0 radical (unpaired) electrons. The third-order valence-electron chi connectivity index (χ3n) is 2.75. The molecular weight excluding hydrogens is 344 g/mol. The van der Waals surface area contributed by atoms with Crippen LogP contribution in [0.1, 0.15) is 17.1 Å². The quantitative estimate of drug-likeness (QED) is 0.766. The van der Waals surface area contributed by atoms with Crippen molar-refractivity contribution >= 4 is 27.5 Å². The smallest absolute Gasteiger partial charge is 0.147 e. The highest BCUT2D eigenvalue weighted by molar-refractivity contribution is 9.10. The number of methoxy groups -OCH3 is 2. The Kier molecular flexibility index (Phi) is 5.34. The van der Waals surface area contributed by atoms with Gasteiger partial charge in [0.2, 0.25) is 0 Å². The normalized spacial score (nSPS) is 10.6. The predicted octanol–water partition coefficient (Wildman–Crippen LogP) is 3.64. The fourth-order valence-corrected chi connectivity index (χ4v) is 2.34. The number of hydrogen-bond acceptors (Lipinski definition) is 4. The van der Waals surface area contributed by atoms with E-state index in [0.29, 0.717) is 28.5 Å². The van der Waals surface area contributed by atoms with Gasteiger partial charge in [-0.3, -0.25) is 0 Å². The van der Waals surface area contributed by atoms with Gasteiger partial charge in [-0.15, -0.1) is 0 Å². The number of ether oxygens (including phenoxy) is 2. The van der Waals surface area contributed by atoms with Gasteiger partial charge >= 0.3 is 0 Å². The van der Waals surface area contributed by atoms with Crippen LogP contribution in [0.4, 0.5) is 0 Å². The Bertz CT molecular complexity index is 608. The highest BCUT2D eigenvalue weighted by Gasteiger charge is 2.12. The molecule has 0 aliphatic carbocycles. The molecule has 0 aliphatic rings. The summed E-state index contributed by atoms with van der Waals surface area (Å²) in [7, 11) is 3.26. The van der Waals surface area contributed by atoms with E-state index in [9.17, 15) is 0 Å². The van der Waals surface area contributed by atoms with Crippen LogP contribution in [0.3, 0.4) is 0 Å². The van der Waals surface area contributed by atoms with Gasteiger partial charge in [0.1, 0.15) is 16.7 Å². The predicted molar refractivity (Wildman–Crippen MR) is 81.3 cm³/mol. The Hall–Kier alpha value is -1.17. The largest absolute Gasteiger partial charge is 0.496 e. The maximum absolute atomic E-state index is 6.11. The molecule has 4 nitrogen and oxygen atoms in total. The third-order valence-corrected chi connectivity index (χ3v) is 4.08. The first-order chi connectivity index (χ1) is 9.65. The van der Waals surface area contributed by atoms with Crippen LogP contribution in [0.15, 0.2) is 28.7 Å². The molecule has 0 N–H and O–H groups in total. The lowest BCUT2D eigenvalue weighted by Gasteiger charge is -2.10. The molecule has 0 bridgehead atoms. The van der Waals surface area contributed by atoms with E-state index in [2.05, 4.69) is 25.9 Å². The van der Waals surface area contributed by atoms with Gasteiger partial charge < -0.3 is 9.47 Å². The van der Waals surface area contributed by atoms with E-state index >= 15 is 0 Å². The highest BCUT2D eigenvalue weighted by Crippen LogP contribution is 2.26. The molecular formula is C14H14BrClN2O2. The van der Waals surface area contributed by atoms with Crippen LogP contribution in [0.2, 0.25) is 5.15 Å². The number of nitrogens with zero attached hydrogens (tertiary/aromatic N) is 2. The molecule has 20 heavy (non-hydrogen) atoms. The van der Waals surface area contributed by atoms with Crippen LogP contribution >= 0.6 is 27.5 Å². The molecule has 0 fully saturated rings. The van der Waals surface area contributed by atoms with Crippen molar-refractivity contribution in [2.45, 2.75) is 13.0 Å². The highest BCUT2D eigenvalue weighted by atomic mass is 79.9. The molecule has 106 valence electrons. The molecule has 2 rings (SSSR count). The molecule has 0 aliphatic heterocycles. The van der Waals surface area contributed by atoms with E-state index in [0.717, 1.165) is 17.0 Å². The summed E-state index contributed by atoms with van der Waals surface area (Å²) in [5.74, 6) is 1.44. The summed E-state index contributed by atoms with van der Waals surface area (Å²) in [6.45, 7) is 0.377. The first kappa shape index (κ1) is 15.2. The van der Waals surface area contributed by atoms with Crippen molar-refractivity contribution in [1.29, 1.82) is 0 Å². The minimum absolute atomic E-state index is 0.377. The van der Waals surface area contributed by atoms with Crippen LogP contribution in [0.5, 0.6) is 5.75 Å². The number of benzene rings is 1. The zero-order valence-corrected chi connectivity index (χ0v) is 13.5. The molecule has 1 aromatic carbocycles. The van der Waals surface area contributed by atoms with Gasteiger partial charge in [0, 0.05) is 19.1 Å². The first-order valence-electron chi connectivity index (χ1n) is 5.97. The topological polar surface area (TPSA) is 44.2 Å². The van der Waals surface area contributed by atoms with Crippen LogP contribution < -0.4 is 4.74 Å². The molecule has 0 atom stereocenters. The lowest BCUT2D eigenvalue weighted by Crippen LogP contribution is -2.04. The van der Waals surface area contributed by atoms with Crippen molar-refractivity contribution in [3.8, 4) is 5.75 Å². The standard InChI is InChI=1S/C14H14BrClN2O2/c1-19-8-10-13(15)14(16)18-12(17-10)7-9-5-3-4-6-11(9)20-2/h3-6H,7-8H2,1-2H3. The fraction of sp³-hybridized carbons (Fsp3) is 0.286. The second-order valence-corrected chi connectivity index (χ2v) is 5.26. The zero-order chi connectivity index (χ0) is 14.5. The van der Waals surface area contributed by atoms with Gasteiger partial charge in [-0.05, 0) is 22.0 Å². The van der Waals surface area contributed by atoms with Gasteiger partial charge in [-0.25, -0.2) is 9.97 Å². The van der Waals surface area contributed by atoms with Crippen LogP contribution in [0.25, 0.3) is 0 Å².